The number of nitrogens with zero attached hydrogens (tertiary/aromatic N) is 1. The number of carbonyl (C=O) groups excluding carboxylic acids is 1. The van der Waals surface area contributed by atoms with Gasteiger partial charge in [-0.15, -0.1) is 0 Å². The number of amides is 1. The number of para-hydroxylation sites is 1. The van der Waals surface area contributed by atoms with Crippen LogP contribution in [0, 0.1) is 0 Å². The topological polar surface area (TPSA) is 29.4 Å². The van der Waals surface area contributed by atoms with Crippen LogP contribution in [0.1, 0.15) is 5.56 Å². The second-order valence-electron chi connectivity index (χ2n) is 3.94. The summed E-state index contributed by atoms with van der Waals surface area (Å²) >= 11 is 11.9. The van der Waals surface area contributed by atoms with E-state index in [1.807, 2.05) is 24.3 Å². The molecule has 0 aliphatic carbocycles. The molecule has 0 spiro atoms. The molecule has 2 aromatic carbocycles. The van der Waals surface area contributed by atoms with Crippen molar-refractivity contribution < 1.29 is 4.79 Å². The lowest BCUT2D eigenvalue weighted by atomic mass is 10.0. The minimum absolute atomic E-state index is 0.241. The van der Waals surface area contributed by atoms with Crippen molar-refractivity contribution in [1.82, 2.24) is 0 Å². The van der Waals surface area contributed by atoms with E-state index in [9.17, 15) is 4.79 Å². The quantitative estimate of drug-likeness (QED) is 0.786. The highest BCUT2D eigenvalue weighted by atomic mass is 35.5. The maximum atomic E-state index is 11.9. The van der Waals surface area contributed by atoms with Gasteiger partial charge in [0, 0.05) is 5.22 Å². The molecular weight excluding hydrogens is 269 g/mol. The number of fused-ring (bicyclic) bond motifs is 1. The molecule has 0 radical (unpaired) electrons. The molecule has 3 rings (SSSR count). The van der Waals surface area contributed by atoms with Gasteiger partial charge in [-0.05, 0) is 23.8 Å². The van der Waals surface area contributed by atoms with Gasteiger partial charge in [0.1, 0.15) is 0 Å². The summed E-state index contributed by atoms with van der Waals surface area (Å²) in [6.07, 6.45) is 0. The third-order valence-electron chi connectivity index (χ3n) is 2.82. The average molecular weight is 276 g/mol. The molecule has 0 atom stereocenters. The van der Waals surface area contributed by atoms with Crippen LogP contribution in [0.5, 0.6) is 0 Å². The standard InChI is InChI=1S/C14H7Cl2NO/c15-10-6-5-8(7-11(10)16)13-9-3-1-2-4-12(9)17-14(13)18/h1-7H. The Hall–Kier alpha value is -1.64. The van der Waals surface area contributed by atoms with Gasteiger partial charge in [0.2, 0.25) is 0 Å². The number of carbonyl (C=O) groups is 1. The van der Waals surface area contributed by atoms with Gasteiger partial charge in [0.25, 0.3) is 5.91 Å². The maximum absolute atomic E-state index is 11.9. The van der Waals surface area contributed by atoms with Crippen molar-refractivity contribution in [2.24, 2.45) is 4.99 Å². The summed E-state index contributed by atoms with van der Waals surface area (Å²) in [5, 5.41) is 2.43. The molecule has 18 heavy (non-hydrogen) atoms. The van der Waals surface area contributed by atoms with E-state index in [4.69, 9.17) is 23.2 Å². The van der Waals surface area contributed by atoms with Crippen molar-refractivity contribution >= 4 is 34.7 Å². The van der Waals surface area contributed by atoms with E-state index < -0.39 is 0 Å². The highest BCUT2D eigenvalue weighted by molar-refractivity contribution is 6.42. The molecule has 1 aliphatic rings. The highest BCUT2D eigenvalue weighted by Crippen LogP contribution is 2.26. The summed E-state index contributed by atoms with van der Waals surface area (Å²) in [7, 11) is 0. The number of hydrogen-bond donors (Lipinski definition) is 0. The van der Waals surface area contributed by atoms with Crippen LogP contribution >= 0.6 is 23.2 Å². The molecule has 1 aliphatic heterocycles. The Morgan fingerprint density at radius 3 is 2.50 bits per heavy atom. The molecule has 0 saturated heterocycles. The first kappa shape index (κ1) is 11.5. The zero-order valence-corrected chi connectivity index (χ0v) is 10.7. The van der Waals surface area contributed by atoms with E-state index >= 15 is 0 Å². The minimum Gasteiger partial charge on any atom is -0.267 e. The zero-order chi connectivity index (χ0) is 12.7. The van der Waals surface area contributed by atoms with E-state index in [-0.39, 0.29) is 5.91 Å². The Morgan fingerprint density at radius 2 is 1.72 bits per heavy atom. The van der Waals surface area contributed by atoms with Gasteiger partial charge >= 0.3 is 0 Å². The fourth-order valence-corrected chi connectivity index (χ4v) is 2.29. The van der Waals surface area contributed by atoms with Gasteiger partial charge in [-0.2, -0.15) is 0 Å². The van der Waals surface area contributed by atoms with Gasteiger partial charge in [-0.25, -0.2) is 4.99 Å². The van der Waals surface area contributed by atoms with Crippen LogP contribution in [-0.4, -0.2) is 5.91 Å². The Balaban J connectivity index is 2.33. The molecule has 1 amide bonds. The van der Waals surface area contributed by atoms with Gasteiger partial charge in [0.15, 0.2) is 0 Å². The molecule has 2 nitrogen and oxygen atoms in total. The van der Waals surface area contributed by atoms with Gasteiger partial charge in [-0.3, -0.25) is 4.79 Å². The van der Waals surface area contributed by atoms with Crippen LogP contribution < -0.4 is 10.6 Å². The van der Waals surface area contributed by atoms with Crippen molar-refractivity contribution in [2.75, 3.05) is 0 Å². The Kier molecular flexibility index (Phi) is 2.69. The van der Waals surface area contributed by atoms with Crippen molar-refractivity contribution in [3.05, 3.63) is 68.6 Å². The van der Waals surface area contributed by atoms with E-state index in [1.54, 1.807) is 18.2 Å². The van der Waals surface area contributed by atoms with Crippen molar-refractivity contribution in [3.8, 4) is 0 Å². The number of halogens is 2. The van der Waals surface area contributed by atoms with Crippen LogP contribution in [0.15, 0.2) is 47.5 Å². The molecule has 1 heterocycles. The van der Waals surface area contributed by atoms with Crippen LogP contribution in [0.25, 0.3) is 5.57 Å². The van der Waals surface area contributed by atoms with E-state index in [1.165, 1.54) is 0 Å². The molecule has 0 fully saturated rings. The lowest BCUT2D eigenvalue weighted by Crippen LogP contribution is -2.22. The fourth-order valence-electron chi connectivity index (χ4n) is 1.99. The monoisotopic (exact) mass is 275 g/mol. The lowest BCUT2D eigenvalue weighted by Gasteiger charge is -2.02. The summed E-state index contributed by atoms with van der Waals surface area (Å²) in [6, 6.07) is 12.6. The normalized spacial score (nSPS) is 13.4. The molecule has 88 valence electrons. The molecule has 2 aromatic rings. The van der Waals surface area contributed by atoms with Crippen LogP contribution in [0.2, 0.25) is 10.0 Å². The van der Waals surface area contributed by atoms with Crippen LogP contribution in [0.4, 0.5) is 0 Å². The van der Waals surface area contributed by atoms with Crippen molar-refractivity contribution in [1.29, 1.82) is 0 Å². The second kappa shape index (κ2) is 4.23. The third-order valence-corrected chi connectivity index (χ3v) is 3.56. The summed E-state index contributed by atoms with van der Waals surface area (Å²) in [5.74, 6) is -0.241. The molecule has 4 heteroatoms. The summed E-state index contributed by atoms with van der Waals surface area (Å²) in [5.41, 5.74) is 1.31. The molecule has 0 aromatic heterocycles. The van der Waals surface area contributed by atoms with Gasteiger partial charge in [-0.1, -0.05) is 47.5 Å². The number of rotatable bonds is 1. The Labute approximate surface area is 113 Å². The first-order valence-electron chi connectivity index (χ1n) is 5.34. The number of hydrogen-bond acceptors (Lipinski definition) is 1. The van der Waals surface area contributed by atoms with Gasteiger partial charge < -0.3 is 0 Å². The third kappa shape index (κ3) is 1.74. The Morgan fingerprint density at radius 1 is 0.944 bits per heavy atom. The summed E-state index contributed by atoms with van der Waals surface area (Å²) < 4.78 is 0. The van der Waals surface area contributed by atoms with Gasteiger partial charge in [0.05, 0.1) is 21.0 Å². The van der Waals surface area contributed by atoms with Crippen molar-refractivity contribution in [3.63, 3.8) is 0 Å². The first-order valence-corrected chi connectivity index (χ1v) is 6.10. The Bertz CT molecular complexity index is 781. The first-order chi connectivity index (χ1) is 8.66. The second-order valence-corrected chi connectivity index (χ2v) is 4.75. The molecule has 0 saturated carbocycles. The average Bonchev–Trinajstić information content (AvgIpc) is 2.69. The minimum atomic E-state index is -0.241. The fraction of sp³-hybridized carbons (Fsp3) is 0. The van der Waals surface area contributed by atoms with E-state index in [0.29, 0.717) is 21.0 Å². The molecular formula is C14H7Cl2NO. The van der Waals surface area contributed by atoms with Crippen LogP contribution in [-0.2, 0) is 4.79 Å². The number of benzene rings is 2. The smallest absolute Gasteiger partial charge is 0.267 e. The SMILES string of the molecule is O=C1N=c2ccccc2=C1c1ccc(Cl)c(Cl)c1. The van der Waals surface area contributed by atoms with Crippen LogP contribution in [0.3, 0.4) is 0 Å². The van der Waals surface area contributed by atoms with E-state index in [2.05, 4.69) is 4.99 Å². The summed E-state index contributed by atoms with van der Waals surface area (Å²) in [6.45, 7) is 0. The van der Waals surface area contributed by atoms with E-state index in [0.717, 1.165) is 10.8 Å². The molecule has 0 bridgehead atoms. The maximum Gasteiger partial charge on any atom is 0.278 e. The lowest BCUT2D eigenvalue weighted by molar-refractivity contribution is -0.112. The predicted molar refractivity (Wildman–Crippen MR) is 71.2 cm³/mol. The summed E-state index contributed by atoms with van der Waals surface area (Å²) in [4.78, 5) is 16.0. The molecule has 0 unspecified atom stereocenters. The predicted octanol–water partition coefficient (Wildman–Crippen LogP) is 2.35. The highest BCUT2D eigenvalue weighted by Gasteiger charge is 2.18. The largest absolute Gasteiger partial charge is 0.278 e. The van der Waals surface area contributed by atoms with Crippen molar-refractivity contribution in [2.45, 2.75) is 0 Å². The zero-order valence-electron chi connectivity index (χ0n) is 9.15. The molecule has 0 N–H and O–H groups in total.